The Hall–Kier alpha value is -2.94. The first-order chi connectivity index (χ1) is 17.4. The maximum Gasteiger partial charge on any atom is 0.494 e. The van der Waals surface area contributed by atoms with Crippen molar-refractivity contribution in [2.45, 2.75) is 65.3 Å². The molecule has 0 radical (unpaired) electrons. The molecule has 2 aromatic rings. The minimum absolute atomic E-state index is 0.0693. The van der Waals surface area contributed by atoms with Crippen LogP contribution < -0.4 is 4.74 Å². The number of aromatic nitrogens is 1. The van der Waals surface area contributed by atoms with Gasteiger partial charge in [-0.2, -0.15) is 0 Å². The van der Waals surface area contributed by atoms with E-state index in [0.29, 0.717) is 17.7 Å². The molecule has 37 heavy (non-hydrogen) atoms. The highest BCUT2D eigenvalue weighted by Crippen LogP contribution is 2.41. The van der Waals surface area contributed by atoms with Crippen molar-refractivity contribution >= 4 is 13.1 Å². The number of nitrogens with zero attached hydrogens (tertiary/aromatic N) is 1. The number of hydrogen-bond acceptors (Lipinski definition) is 7. The summed E-state index contributed by atoms with van der Waals surface area (Å²) in [5.74, 6) is 0.353. The number of pyridine rings is 1. The molecule has 1 aromatic carbocycles. The molecule has 1 aromatic heterocycles. The molecule has 3 rings (SSSR count). The second kappa shape index (κ2) is 12.1. The zero-order valence-corrected chi connectivity index (χ0v) is 22.7. The smallest absolute Gasteiger partial charge is 0.491 e. The van der Waals surface area contributed by atoms with Crippen molar-refractivity contribution in [1.29, 1.82) is 0 Å². The van der Waals surface area contributed by atoms with Crippen LogP contribution in [0.1, 0.15) is 70.0 Å². The van der Waals surface area contributed by atoms with Crippen LogP contribution in [0, 0.1) is 5.92 Å². The number of rotatable bonds is 11. The van der Waals surface area contributed by atoms with Gasteiger partial charge < -0.3 is 23.9 Å². The summed E-state index contributed by atoms with van der Waals surface area (Å²) >= 11 is 0. The standard InChI is InChI=1S/C29H38BNO6/c1-20(2)21(3)25(30-36-28(4,5)29(6,7)37-30)12-13-26(35-27(33)23-14-16-31-17-15-23)22-8-10-24(11-9-22)34-19-18-32/h8-12,14-17,20,26,32H,3,13,18-19H2,1-2,4-7H3/b25-12-/t26-/m1/s1. The molecule has 198 valence electrons. The van der Waals surface area contributed by atoms with Gasteiger partial charge in [-0.25, -0.2) is 4.79 Å². The van der Waals surface area contributed by atoms with E-state index in [1.165, 1.54) is 0 Å². The van der Waals surface area contributed by atoms with E-state index < -0.39 is 30.4 Å². The van der Waals surface area contributed by atoms with Gasteiger partial charge >= 0.3 is 13.1 Å². The van der Waals surface area contributed by atoms with Crippen molar-refractivity contribution in [2.24, 2.45) is 5.92 Å². The molecular weight excluding hydrogens is 469 g/mol. The van der Waals surface area contributed by atoms with Crippen molar-refractivity contribution in [2.75, 3.05) is 13.2 Å². The topological polar surface area (TPSA) is 87.1 Å². The van der Waals surface area contributed by atoms with Gasteiger partial charge in [-0.05, 0) is 68.9 Å². The van der Waals surface area contributed by atoms with E-state index in [-0.39, 0.29) is 19.1 Å². The van der Waals surface area contributed by atoms with E-state index in [0.717, 1.165) is 16.6 Å². The average Bonchev–Trinajstić information content (AvgIpc) is 3.08. The van der Waals surface area contributed by atoms with Crippen LogP contribution in [0.2, 0.25) is 0 Å². The Morgan fingerprint density at radius 1 is 1.08 bits per heavy atom. The Morgan fingerprint density at radius 2 is 1.68 bits per heavy atom. The number of aliphatic hydroxyl groups is 1. The molecule has 1 fully saturated rings. The van der Waals surface area contributed by atoms with E-state index in [2.05, 4.69) is 25.4 Å². The van der Waals surface area contributed by atoms with Crippen molar-refractivity contribution in [3.8, 4) is 5.75 Å². The van der Waals surface area contributed by atoms with Crippen LogP contribution in [0.15, 0.2) is 72.5 Å². The Kier molecular flexibility index (Phi) is 9.34. The molecule has 1 aliphatic rings. The lowest BCUT2D eigenvalue weighted by atomic mass is 9.70. The molecule has 0 unspecified atom stereocenters. The van der Waals surface area contributed by atoms with Gasteiger partial charge in [-0.1, -0.05) is 44.2 Å². The third-order valence-electron chi connectivity index (χ3n) is 6.90. The quantitative estimate of drug-likeness (QED) is 0.244. The van der Waals surface area contributed by atoms with Gasteiger partial charge in [0.05, 0.1) is 23.4 Å². The molecule has 2 heterocycles. The highest BCUT2D eigenvalue weighted by atomic mass is 16.7. The van der Waals surface area contributed by atoms with Crippen molar-refractivity contribution < 1.29 is 28.7 Å². The zero-order chi connectivity index (χ0) is 27.2. The highest BCUT2D eigenvalue weighted by Gasteiger charge is 2.52. The number of ether oxygens (including phenoxy) is 2. The second-order valence-corrected chi connectivity index (χ2v) is 10.4. The summed E-state index contributed by atoms with van der Waals surface area (Å²) in [5, 5.41) is 9.02. The minimum Gasteiger partial charge on any atom is -0.491 e. The molecule has 1 atom stereocenters. The summed E-state index contributed by atoms with van der Waals surface area (Å²) in [7, 11) is -0.578. The summed E-state index contributed by atoms with van der Waals surface area (Å²) in [6.07, 6.45) is 4.93. The first-order valence-electron chi connectivity index (χ1n) is 12.6. The van der Waals surface area contributed by atoms with Gasteiger partial charge in [0.15, 0.2) is 0 Å². The third kappa shape index (κ3) is 7.09. The van der Waals surface area contributed by atoms with E-state index in [1.54, 1.807) is 36.7 Å². The van der Waals surface area contributed by atoms with Gasteiger partial charge in [0.1, 0.15) is 18.5 Å². The summed E-state index contributed by atoms with van der Waals surface area (Å²) in [5.41, 5.74) is 1.99. The maximum absolute atomic E-state index is 13.0. The predicted molar refractivity (Wildman–Crippen MR) is 144 cm³/mol. The molecule has 0 amide bonds. The first-order valence-corrected chi connectivity index (χ1v) is 12.6. The Balaban J connectivity index is 1.92. The molecule has 1 N–H and O–H groups in total. The number of carbonyl (C=O) groups is 1. The lowest BCUT2D eigenvalue weighted by Crippen LogP contribution is -2.41. The lowest BCUT2D eigenvalue weighted by molar-refractivity contribution is 0.00578. The van der Waals surface area contributed by atoms with Crippen LogP contribution in [0.3, 0.4) is 0 Å². The van der Waals surface area contributed by atoms with Gasteiger partial charge in [0, 0.05) is 18.8 Å². The summed E-state index contributed by atoms with van der Waals surface area (Å²) in [6, 6.07) is 10.6. The minimum atomic E-state index is -0.579. The molecule has 1 saturated heterocycles. The molecule has 1 aliphatic heterocycles. The Bertz CT molecular complexity index is 1080. The van der Waals surface area contributed by atoms with E-state index in [1.807, 2.05) is 45.9 Å². The van der Waals surface area contributed by atoms with E-state index >= 15 is 0 Å². The molecule has 0 aliphatic carbocycles. The van der Waals surface area contributed by atoms with Gasteiger partial charge in [-0.15, -0.1) is 0 Å². The van der Waals surface area contributed by atoms with Crippen molar-refractivity contribution in [3.63, 3.8) is 0 Å². The zero-order valence-electron chi connectivity index (χ0n) is 22.7. The number of benzene rings is 1. The summed E-state index contributed by atoms with van der Waals surface area (Å²) in [6.45, 7) is 16.7. The molecule has 0 saturated carbocycles. The van der Waals surface area contributed by atoms with Crippen LogP contribution in [0.5, 0.6) is 5.75 Å². The van der Waals surface area contributed by atoms with Gasteiger partial charge in [-0.3, -0.25) is 4.98 Å². The van der Waals surface area contributed by atoms with Crippen LogP contribution >= 0.6 is 0 Å². The number of allylic oxidation sites excluding steroid dienone is 2. The Labute approximate surface area is 220 Å². The third-order valence-corrected chi connectivity index (χ3v) is 6.90. The van der Waals surface area contributed by atoms with Crippen molar-refractivity contribution in [1.82, 2.24) is 4.98 Å². The van der Waals surface area contributed by atoms with Gasteiger partial charge in [0.2, 0.25) is 0 Å². The normalized spacial score (nSPS) is 17.5. The fraction of sp³-hybridized carbons (Fsp3) is 0.448. The summed E-state index contributed by atoms with van der Waals surface area (Å²) in [4.78, 5) is 16.9. The van der Waals surface area contributed by atoms with Crippen LogP contribution in [0.25, 0.3) is 0 Å². The summed E-state index contributed by atoms with van der Waals surface area (Å²) < 4.78 is 24.1. The van der Waals surface area contributed by atoms with E-state index in [4.69, 9.17) is 23.9 Å². The number of carbonyl (C=O) groups excluding carboxylic acids is 1. The fourth-order valence-electron chi connectivity index (χ4n) is 3.80. The predicted octanol–water partition coefficient (Wildman–Crippen LogP) is 5.51. The SMILES string of the molecule is C=C(/C(=C/C[C@@H](OC(=O)c1ccncc1)c1ccc(OCCO)cc1)B1OC(C)(C)C(C)(C)O1)C(C)C. The maximum atomic E-state index is 13.0. The Morgan fingerprint density at radius 3 is 2.22 bits per heavy atom. The first kappa shape index (κ1) is 28.6. The van der Waals surface area contributed by atoms with Crippen molar-refractivity contribution in [3.05, 3.63) is 83.6 Å². The monoisotopic (exact) mass is 507 g/mol. The van der Waals surface area contributed by atoms with Crippen LogP contribution in [0.4, 0.5) is 0 Å². The second-order valence-electron chi connectivity index (χ2n) is 10.4. The highest BCUT2D eigenvalue weighted by molar-refractivity contribution is 6.56. The molecule has 7 nitrogen and oxygen atoms in total. The van der Waals surface area contributed by atoms with E-state index in [9.17, 15) is 4.79 Å². The van der Waals surface area contributed by atoms with Crippen LogP contribution in [-0.4, -0.2) is 47.6 Å². The lowest BCUT2D eigenvalue weighted by Gasteiger charge is -2.32. The van der Waals surface area contributed by atoms with Gasteiger partial charge in [0.25, 0.3) is 0 Å². The fourth-order valence-corrected chi connectivity index (χ4v) is 3.80. The number of aliphatic hydroxyl groups excluding tert-OH is 1. The largest absolute Gasteiger partial charge is 0.494 e. The molecular formula is C29H38BNO6. The molecule has 0 spiro atoms. The average molecular weight is 507 g/mol. The molecule has 8 heteroatoms. The van der Waals surface area contributed by atoms with Crippen LogP contribution in [-0.2, 0) is 14.0 Å². The molecule has 0 bridgehead atoms. The number of hydrogen-bond donors (Lipinski definition) is 1. The number of esters is 1.